The van der Waals surface area contributed by atoms with Crippen LogP contribution in [0.4, 0.5) is 0 Å². The van der Waals surface area contributed by atoms with Crippen molar-refractivity contribution in [2.45, 2.75) is 45.6 Å². The number of benzene rings is 1. The molecule has 0 saturated carbocycles. The van der Waals surface area contributed by atoms with Gasteiger partial charge in [0.25, 0.3) is 5.91 Å². The lowest BCUT2D eigenvalue weighted by atomic mass is 9.99. The minimum absolute atomic E-state index is 0.0444. The van der Waals surface area contributed by atoms with E-state index in [1.807, 2.05) is 20.9 Å². The van der Waals surface area contributed by atoms with Gasteiger partial charge in [-0.15, -0.1) is 0 Å². The van der Waals surface area contributed by atoms with Crippen molar-refractivity contribution in [2.24, 2.45) is 7.05 Å². The van der Waals surface area contributed by atoms with Gasteiger partial charge in [-0.2, -0.15) is 5.10 Å². The first-order chi connectivity index (χ1) is 12.3. The standard InChI is InChI=1S/C20H28N4O2/c1-13-10-17-18(22-24(5)19(17)14(2)26-13)20(25)21-11-15-6-8-16(9-7-15)12-23(3)4/h6-9,13-14H,10-12H2,1-5H3,(H,21,25)/t13-,14+/m1/s1. The number of nitrogens with zero attached hydrogens (tertiary/aromatic N) is 3. The monoisotopic (exact) mass is 356 g/mol. The Morgan fingerprint density at radius 2 is 1.92 bits per heavy atom. The lowest BCUT2D eigenvalue weighted by molar-refractivity contribution is -0.00903. The van der Waals surface area contributed by atoms with Crippen LogP contribution in [0.2, 0.25) is 0 Å². The molecule has 0 spiro atoms. The largest absolute Gasteiger partial charge is 0.369 e. The van der Waals surface area contributed by atoms with E-state index in [1.54, 1.807) is 4.68 Å². The van der Waals surface area contributed by atoms with Crippen molar-refractivity contribution in [1.29, 1.82) is 0 Å². The van der Waals surface area contributed by atoms with Crippen LogP contribution in [0, 0.1) is 0 Å². The van der Waals surface area contributed by atoms with Crippen LogP contribution in [0.3, 0.4) is 0 Å². The van der Waals surface area contributed by atoms with Gasteiger partial charge in [0.05, 0.1) is 17.9 Å². The number of aromatic nitrogens is 2. The molecule has 0 radical (unpaired) electrons. The highest BCUT2D eigenvalue weighted by Crippen LogP contribution is 2.31. The molecule has 140 valence electrons. The van der Waals surface area contributed by atoms with Crippen molar-refractivity contribution in [2.75, 3.05) is 14.1 Å². The number of carbonyl (C=O) groups excluding carboxylic acids is 1. The Balaban J connectivity index is 1.68. The van der Waals surface area contributed by atoms with Gasteiger partial charge in [-0.05, 0) is 39.1 Å². The summed E-state index contributed by atoms with van der Waals surface area (Å²) in [4.78, 5) is 14.8. The summed E-state index contributed by atoms with van der Waals surface area (Å²) in [5.74, 6) is -0.125. The number of nitrogens with one attached hydrogen (secondary N) is 1. The molecule has 2 aromatic rings. The van der Waals surface area contributed by atoms with Crippen LogP contribution < -0.4 is 5.32 Å². The van der Waals surface area contributed by atoms with E-state index >= 15 is 0 Å². The molecule has 1 aromatic carbocycles. The molecule has 3 rings (SSSR count). The summed E-state index contributed by atoms with van der Waals surface area (Å²) in [6.45, 7) is 5.44. The predicted molar refractivity (Wildman–Crippen MR) is 101 cm³/mol. The smallest absolute Gasteiger partial charge is 0.272 e. The molecular weight excluding hydrogens is 328 g/mol. The van der Waals surface area contributed by atoms with E-state index < -0.39 is 0 Å². The molecule has 2 atom stereocenters. The van der Waals surface area contributed by atoms with Gasteiger partial charge in [-0.25, -0.2) is 0 Å². The Kier molecular flexibility index (Phi) is 5.44. The highest BCUT2D eigenvalue weighted by atomic mass is 16.5. The second-order valence-electron chi connectivity index (χ2n) is 7.37. The highest BCUT2D eigenvalue weighted by molar-refractivity contribution is 5.94. The summed E-state index contributed by atoms with van der Waals surface area (Å²) < 4.78 is 7.63. The van der Waals surface area contributed by atoms with E-state index in [2.05, 4.69) is 53.7 Å². The molecule has 2 heterocycles. The molecule has 26 heavy (non-hydrogen) atoms. The molecule has 0 saturated heterocycles. The van der Waals surface area contributed by atoms with Crippen LogP contribution in [0.15, 0.2) is 24.3 Å². The third kappa shape index (κ3) is 3.97. The zero-order valence-electron chi connectivity index (χ0n) is 16.2. The normalized spacial score (nSPS) is 19.5. The van der Waals surface area contributed by atoms with Crippen molar-refractivity contribution < 1.29 is 9.53 Å². The molecule has 1 aliphatic heterocycles. The summed E-state index contributed by atoms with van der Waals surface area (Å²) in [7, 11) is 5.97. The first-order valence-electron chi connectivity index (χ1n) is 9.07. The predicted octanol–water partition coefficient (Wildman–Crippen LogP) is 2.43. The van der Waals surface area contributed by atoms with Crippen LogP contribution in [0.1, 0.15) is 52.8 Å². The fraction of sp³-hybridized carbons (Fsp3) is 0.500. The van der Waals surface area contributed by atoms with Gasteiger partial charge in [-0.3, -0.25) is 9.48 Å². The fourth-order valence-electron chi connectivity index (χ4n) is 3.62. The van der Waals surface area contributed by atoms with Crippen molar-refractivity contribution >= 4 is 5.91 Å². The molecule has 0 aliphatic carbocycles. The molecule has 1 aliphatic rings. The third-order valence-electron chi connectivity index (χ3n) is 4.70. The van der Waals surface area contributed by atoms with Gasteiger partial charge >= 0.3 is 0 Å². The minimum atomic E-state index is -0.125. The topological polar surface area (TPSA) is 59.4 Å². The van der Waals surface area contributed by atoms with E-state index in [4.69, 9.17) is 4.74 Å². The van der Waals surface area contributed by atoms with Gasteiger partial charge in [-0.1, -0.05) is 24.3 Å². The van der Waals surface area contributed by atoms with Gasteiger partial charge in [0.15, 0.2) is 5.69 Å². The van der Waals surface area contributed by atoms with Crippen LogP contribution in [0.25, 0.3) is 0 Å². The van der Waals surface area contributed by atoms with Gasteiger partial charge < -0.3 is 15.0 Å². The summed E-state index contributed by atoms with van der Waals surface area (Å²) >= 11 is 0. The summed E-state index contributed by atoms with van der Waals surface area (Å²) in [6.07, 6.45) is 0.768. The van der Waals surface area contributed by atoms with Crippen molar-refractivity contribution in [1.82, 2.24) is 20.0 Å². The SMILES string of the molecule is C[C@@H]1Cc2c(C(=O)NCc3ccc(CN(C)C)cc3)nn(C)c2[C@H](C)O1. The number of hydrogen-bond acceptors (Lipinski definition) is 4. The maximum absolute atomic E-state index is 12.7. The average Bonchev–Trinajstić information content (AvgIpc) is 2.90. The number of amides is 1. The zero-order valence-corrected chi connectivity index (χ0v) is 16.2. The van der Waals surface area contributed by atoms with E-state index in [1.165, 1.54) is 5.56 Å². The van der Waals surface area contributed by atoms with Crippen LogP contribution >= 0.6 is 0 Å². The van der Waals surface area contributed by atoms with Crippen molar-refractivity contribution in [3.8, 4) is 0 Å². The van der Waals surface area contributed by atoms with E-state index in [-0.39, 0.29) is 18.1 Å². The number of carbonyl (C=O) groups is 1. The van der Waals surface area contributed by atoms with Crippen LogP contribution in [-0.4, -0.2) is 40.8 Å². The highest BCUT2D eigenvalue weighted by Gasteiger charge is 2.31. The molecular formula is C20H28N4O2. The summed E-state index contributed by atoms with van der Waals surface area (Å²) in [6, 6.07) is 8.33. The Morgan fingerprint density at radius 1 is 1.27 bits per heavy atom. The fourth-order valence-corrected chi connectivity index (χ4v) is 3.62. The molecule has 0 fully saturated rings. The number of hydrogen-bond donors (Lipinski definition) is 1. The zero-order chi connectivity index (χ0) is 18.8. The molecule has 0 unspecified atom stereocenters. The Bertz CT molecular complexity index is 780. The van der Waals surface area contributed by atoms with Gasteiger partial charge in [0.1, 0.15) is 0 Å². The maximum atomic E-state index is 12.7. The van der Waals surface area contributed by atoms with Gasteiger partial charge in [0, 0.05) is 32.1 Å². The molecule has 1 amide bonds. The van der Waals surface area contributed by atoms with Gasteiger partial charge in [0.2, 0.25) is 0 Å². The lowest BCUT2D eigenvalue weighted by Crippen LogP contribution is -2.27. The minimum Gasteiger partial charge on any atom is -0.369 e. The number of aryl methyl sites for hydroxylation is 1. The number of ether oxygens (including phenoxy) is 1. The van der Waals surface area contributed by atoms with E-state index in [0.717, 1.165) is 29.8 Å². The van der Waals surface area contributed by atoms with Crippen molar-refractivity contribution in [3.63, 3.8) is 0 Å². The van der Waals surface area contributed by atoms with Crippen molar-refractivity contribution in [3.05, 3.63) is 52.3 Å². The van der Waals surface area contributed by atoms with Crippen LogP contribution in [-0.2, 0) is 31.3 Å². The molecule has 1 aromatic heterocycles. The quantitative estimate of drug-likeness (QED) is 0.894. The van der Waals surface area contributed by atoms with E-state index in [0.29, 0.717) is 12.2 Å². The third-order valence-corrected chi connectivity index (χ3v) is 4.70. The van der Waals surface area contributed by atoms with Crippen LogP contribution in [0.5, 0.6) is 0 Å². The average molecular weight is 356 g/mol. The number of fused-ring (bicyclic) bond motifs is 1. The first-order valence-corrected chi connectivity index (χ1v) is 9.07. The Hall–Kier alpha value is -2.18. The summed E-state index contributed by atoms with van der Waals surface area (Å²) in [5, 5.41) is 7.46. The molecule has 1 N–H and O–H groups in total. The second kappa shape index (κ2) is 7.60. The maximum Gasteiger partial charge on any atom is 0.272 e. The molecule has 6 nitrogen and oxygen atoms in total. The molecule has 6 heteroatoms. The first kappa shape index (κ1) is 18.6. The van der Waals surface area contributed by atoms with E-state index in [9.17, 15) is 4.79 Å². The second-order valence-corrected chi connectivity index (χ2v) is 7.37. The summed E-state index contributed by atoms with van der Waals surface area (Å²) in [5.41, 5.74) is 4.87. The lowest BCUT2D eigenvalue weighted by Gasteiger charge is -2.26. The molecule has 0 bridgehead atoms. The Morgan fingerprint density at radius 3 is 2.58 bits per heavy atom. The number of rotatable bonds is 5. The Labute approximate surface area is 155 Å².